The zero-order chi connectivity index (χ0) is 22.8. The van der Waals surface area contributed by atoms with Crippen molar-refractivity contribution in [3.05, 3.63) is 29.8 Å². The Bertz CT molecular complexity index is 794. The van der Waals surface area contributed by atoms with Crippen LogP contribution in [0.3, 0.4) is 0 Å². The van der Waals surface area contributed by atoms with E-state index in [4.69, 9.17) is 4.74 Å². The van der Waals surface area contributed by atoms with Crippen molar-refractivity contribution >= 4 is 29.4 Å². The Balaban J connectivity index is 2.01. The fourth-order valence-electron chi connectivity index (χ4n) is 3.38. The van der Waals surface area contributed by atoms with Crippen molar-refractivity contribution in [2.24, 2.45) is 0 Å². The lowest BCUT2D eigenvalue weighted by atomic mass is 10.1. The fourth-order valence-corrected chi connectivity index (χ4v) is 3.38. The quantitative estimate of drug-likeness (QED) is 0.539. The minimum absolute atomic E-state index is 0.0588. The van der Waals surface area contributed by atoms with E-state index in [9.17, 15) is 19.2 Å². The van der Waals surface area contributed by atoms with Gasteiger partial charge in [-0.2, -0.15) is 0 Å². The molecular formula is C22H32N4O5. The number of carbonyl (C=O) groups excluding carboxylic acids is 4. The first kappa shape index (κ1) is 24.2. The Morgan fingerprint density at radius 3 is 2.65 bits per heavy atom. The number of piperazine rings is 1. The number of nitrogens with one attached hydrogen (secondary N) is 2. The molecule has 1 unspecified atom stereocenters. The van der Waals surface area contributed by atoms with Crippen molar-refractivity contribution in [3.8, 4) is 0 Å². The molecule has 1 aromatic carbocycles. The highest BCUT2D eigenvalue weighted by Crippen LogP contribution is 2.15. The van der Waals surface area contributed by atoms with Gasteiger partial charge in [-0.15, -0.1) is 0 Å². The van der Waals surface area contributed by atoms with Crippen molar-refractivity contribution in [1.82, 2.24) is 15.1 Å². The van der Waals surface area contributed by atoms with Crippen LogP contribution >= 0.6 is 0 Å². The van der Waals surface area contributed by atoms with Crippen LogP contribution in [0.1, 0.15) is 44.0 Å². The van der Waals surface area contributed by atoms with Crippen LogP contribution in [0.25, 0.3) is 0 Å². The summed E-state index contributed by atoms with van der Waals surface area (Å²) in [6.45, 7) is 7.83. The Hall–Kier alpha value is -3.10. The fraction of sp³-hybridized carbons (Fsp3) is 0.545. The molecule has 31 heavy (non-hydrogen) atoms. The highest BCUT2D eigenvalue weighted by Gasteiger charge is 2.34. The first-order valence-electron chi connectivity index (χ1n) is 10.8. The lowest BCUT2D eigenvalue weighted by Crippen LogP contribution is -2.58. The number of nitrogens with zero attached hydrogens (tertiary/aromatic N) is 2. The molecule has 0 aromatic heterocycles. The maximum Gasteiger partial charge on any atom is 0.308 e. The number of ether oxygens (including phenoxy) is 1. The molecule has 170 valence electrons. The van der Waals surface area contributed by atoms with Crippen molar-refractivity contribution < 1.29 is 23.9 Å². The SMILES string of the molecule is CCCOC(=O)CC1C(=O)NCCN1C(=O)CNc1cccc(C(=O)N(CC)CC)c1. The van der Waals surface area contributed by atoms with Gasteiger partial charge in [-0.1, -0.05) is 13.0 Å². The number of amides is 3. The van der Waals surface area contributed by atoms with Crippen molar-refractivity contribution in [3.63, 3.8) is 0 Å². The van der Waals surface area contributed by atoms with Crippen LogP contribution in [0.4, 0.5) is 5.69 Å². The minimum atomic E-state index is -0.886. The topological polar surface area (TPSA) is 108 Å². The van der Waals surface area contributed by atoms with E-state index < -0.39 is 12.0 Å². The predicted octanol–water partition coefficient (Wildman–Crippen LogP) is 1.25. The predicted molar refractivity (Wildman–Crippen MR) is 117 cm³/mol. The van der Waals surface area contributed by atoms with Crippen LogP contribution < -0.4 is 10.6 Å². The molecule has 9 nitrogen and oxygen atoms in total. The van der Waals surface area contributed by atoms with Crippen molar-refractivity contribution in [2.45, 2.75) is 39.7 Å². The molecule has 0 bridgehead atoms. The van der Waals surface area contributed by atoms with Crippen LogP contribution in [0.15, 0.2) is 24.3 Å². The van der Waals surface area contributed by atoms with Crippen LogP contribution in [0.5, 0.6) is 0 Å². The van der Waals surface area contributed by atoms with Gasteiger partial charge in [0.2, 0.25) is 11.8 Å². The molecule has 0 radical (unpaired) electrons. The second-order valence-electron chi connectivity index (χ2n) is 7.23. The molecule has 3 amide bonds. The normalized spacial score (nSPS) is 15.8. The molecular weight excluding hydrogens is 400 g/mol. The molecule has 2 N–H and O–H groups in total. The summed E-state index contributed by atoms with van der Waals surface area (Å²) in [5, 5.41) is 5.72. The summed E-state index contributed by atoms with van der Waals surface area (Å²) in [4.78, 5) is 52.7. The van der Waals surface area contributed by atoms with Crippen molar-refractivity contribution in [2.75, 3.05) is 44.6 Å². The molecule has 9 heteroatoms. The number of hydrogen-bond donors (Lipinski definition) is 2. The second-order valence-corrected chi connectivity index (χ2v) is 7.23. The second kappa shape index (κ2) is 11.9. The van der Waals surface area contributed by atoms with E-state index in [0.717, 1.165) is 0 Å². The maximum atomic E-state index is 12.8. The summed E-state index contributed by atoms with van der Waals surface area (Å²) >= 11 is 0. The first-order chi connectivity index (χ1) is 14.9. The summed E-state index contributed by atoms with van der Waals surface area (Å²) in [5.74, 6) is -1.24. The molecule has 1 aromatic rings. The molecule has 1 aliphatic rings. The van der Waals surface area contributed by atoms with Gasteiger partial charge in [0.1, 0.15) is 6.04 Å². The molecule has 0 aliphatic carbocycles. The average Bonchev–Trinajstić information content (AvgIpc) is 2.78. The number of benzene rings is 1. The number of carbonyl (C=O) groups is 4. The maximum absolute atomic E-state index is 12.8. The van der Waals surface area contributed by atoms with Crippen LogP contribution in [-0.2, 0) is 19.1 Å². The number of rotatable bonds is 10. The van der Waals surface area contributed by atoms with Crippen LogP contribution in [-0.4, -0.2) is 78.9 Å². The summed E-state index contributed by atoms with van der Waals surface area (Å²) in [7, 11) is 0. The Labute approximate surface area is 183 Å². The lowest BCUT2D eigenvalue weighted by molar-refractivity contribution is -0.151. The molecule has 0 spiro atoms. The van der Waals surface area contributed by atoms with Crippen molar-refractivity contribution in [1.29, 1.82) is 0 Å². The zero-order valence-electron chi connectivity index (χ0n) is 18.5. The standard InChI is InChI=1S/C22H32N4O5/c1-4-12-31-20(28)14-18-21(29)23-10-11-26(18)19(27)15-24-17-9-7-8-16(13-17)22(30)25(5-2)6-3/h7-9,13,18,24H,4-6,10-12,14-15H2,1-3H3,(H,23,29). The monoisotopic (exact) mass is 432 g/mol. The van der Waals surface area contributed by atoms with Gasteiger partial charge < -0.3 is 25.2 Å². The Morgan fingerprint density at radius 1 is 1.23 bits per heavy atom. The van der Waals surface area contributed by atoms with E-state index >= 15 is 0 Å². The van der Waals surface area contributed by atoms with Gasteiger partial charge in [-0.05, 0) is 38.5 Å². The van der Waals surface area contributed by atoms with E-state index in [0.29, 0.717) is 43.9 Å². The Kier molecular flexibility index (Phi) is 9.30. The minimum Gasteiger partial charge on any atom is -0.466 e. The third-order valence-corrected chi connectivity index (χ3v) is 5.08. The summed E-state index contributed by atoms with van der Waals surface area (Å²) in [6, 6.07) is 6.08. The van der Waals surface area contributed by atoms with Crippen LogP contribution in [0, 0.1) is 0 Å². The smallest absolute Gasteiger partial charge is 0.308 e. The summed E-state index contributed by atoms with van der Waals surface area (Å²) < 4.78 is 5.06. The molecule has 1 aliphatic heterocycles. The number of hydrogen-bond acceptors (Lipinski definition) is 6. The van der Waals surface area contributed by atoms with E-state index in [1.165, 1.54) is 4.90 Å². The highest BCUT2D eigenvalue weighted by atomic mass is 16.5. The first-order valence-corrected chi connectivity index (χ1v) is 10.8. The molecule has 1 heterocycles. The van der Waals surface area contributed by atoms with Gasteiger partial charge in [0, 0.05) is 37.4 Å². The van der Waals surface area contributed by atoms with E-state index in [2.05, 4.69) is 10.6 Å². The molecule has 1 atom stereocenters. The largest absolute Gasteiger partial charge is 0.466 e. The number of esters is 1. The Morgan fingerprint density at radius 2 is 1.97 bits per heavy atom. The zero-order valence-corrected chi connectivity index (χ0v) is 18.5. The van der Waals surface area contributed by atoms with E-state index in [1.807, 2.05) is 20.8 Å². The number of anilines is 1. The molecule has 0 saturated carbocycles. The van der Waals surface area contributed by atoms with E-state index in [-0.39, 0.29) is 37.3 Å². The summed E-state index contributed by atoms with van der Waals surface area (Å²) in [5.41, 5.74) is 1.17. The van der Waals surface area contributed by atoms with Gasteiger partial charge >= 0.3 is 5.97 Å². The van der Waals surface area contributed by atoms with Gasteiger partial charge in [-0.25, -0.2) is 0 Å². The molecule has 1 fully saturated rings. The summed E-state index contributed by atoms with van der Waals surface area (Å²) in [6.07, 6.45) is 0.510. The average molecular weight is 433 g/mol. The van der Waals surface area contributed by atoms with Gasteiger partial charge in [-0.3, -0.25) is 19.2 Å². The van der Waals surface area contributed by atoms with Gasteiger partial charge in [0.25, 0.3) is 5.91 Å². The molecule has 2 rings (SSSR count). The van der Waals surface area contributed by atoms with Gasteiger partial charge in [0.05, 0.1) is 19.6 Å². The third kappa shape index (κ3) is 6.70. The third-order valence-electron chi connectivity index (χ3n) is 5.08. The van der Waals surface area contributed by atoms with Gasteiger partial charge in [0.15, 0.2) is 0 Å². The van der Waals surface area contributed by atoms with Crippen LogP contribution in [0.2, 0.25) is 0 Å². The lowest BCUT2D eigenvalue weighted by Gasteiger charge is -2.34. The molecule has 1 saturated heterocycles. The van der Waals surface area contributed by atoms with E-state index in [1.54, 1.807) is 29.2 Å². The highest BCUT2D eigenvalue weighted by molar-refractivity contribution is 5.95.